The minimum atomic E-state index is -0.599. The SMILES string of the molecule is CC(=O)Nc1ccc(F)c(C(=O)NC2CNCCC2C)c1.Cl. The molecule has 2 atom stereocenters. The molecule has 0 bridgehead atoms. The van der Waals surface area contributed by atoms with Crippen molar-refractivity contribution in [3.8, 4) is 0 Å². The Morgan fingerprint density at radius 2 is 2.09 bits per heavy atom. The fraction of sp³-hybridized carbons (Fsp3) is 0.467. The Labute approximate surface area is 135 Å². The zero-order valence-electron chi connectivity index (χ0n) is 12.6. The Bertz CT molecular complexity index is 554. The number of carbonyl (C=O) groups is 2. The first-order chi connectivity index (χ1) is 9.97. The van der Waals surface area contributed by atoms with Gasteiger partial charge in [0.05, 0.1) is 5.56 Å². The second kappa shape index (κ2) is 8.10. The second-order valence-corrected chi connectivity index (χ2v) is 5.43. The lowest BCUT2D eigenvalue weighted by atomic mass is 9.94. The molecule has 0 saturated carbocycles. The third kappa shape index (κ3) is 4.68. The van der Waals surface area contributed by atoms with Gasteiger partial charge in [-0.25, -0.2) is 4.39 Å². The van der Waals surface area contributed by atoms with Crippen molar-refractivity contribution in [2.45, 2.75) is 26.3 Å². The van der Waals surface area contributed by atoms with Crippen molar-refractivity contribution in [2.24, 2.45) is 5.92 Å². The molecule has 5 nitrogen and oxygen atoms in total. The summed E-state index contributed by atoms with van der Waals surface area (Å²) in [6, 6.07) is 3.95. The molecule has 1 aromatic rings. The smallest absolute Gasteiger partial charge is 0.254 e. The third-order valence-corrected chi connectivity index (χ3v) is 3.68. The van der Waals surface area contributed by atoms with E-state index in [1.54, 1.807) is 0 Å². The molecule has 1 heterocycles. The number of nitrogens with one attached hydrogen (secondary N) is 3. The lowest BCUT2D eigenvalue weighted by Gasteiger charge is -2.30. The van der Waals surface area contributed by atoms with Crippen LogP contribution in [0.25, 0.3) is 0 Å². The molecule has 7 heteroatoms. The molecule has 1 aromatic carbocycles. The maximum Gasteiger partial charge on any atom is 0.254 e. The van der Waals surface area contributed by atoms with E-state index in [0.29, 0.717) is 18.2 Å². The van der Waals surface area contributed by atoms with Gasteiger partial charge in [-0.15, -0.1) is 12.4 Å². The van der Waals surface area contributed by atoms with Crippen LogP contribution in [-0.4, -0.2) is 30.9 Å². The topological polar surface area (TPSA) is 70.2 Å². The van der Waals surface area contributed by atoms with Crippen LogP contribution < -0.4 is 16.0 Å². The van der Waals surface area contributed by atoms with Gasteiger partial charge in [-0.1, -0.05) is 6.92 Å². The molecular weight excluding hydrogens is 309 g/mol. The third-order valence-electron chi connectivity index (χ3n) is 3.68. The van der Waals surface area contributed by atoms with Crippen molar-refractivity contribution in [1.82, 2.24) is 10.6 Å². The molecule has 2 unspecified atom stereocenters. The van der Waals surface area contributed by atoms with Crippen molar-refractivity contribution in [2.75, 3.05) is 18.4 Å². The van der Waals surface area contributed by atoms with Crippen LogP contribution in [-0.2, 0) is 4.79 Å². The van der Waals surface area contributed by atoms with Gasteiger partial charge >= 0.3 is 0 Å². The van der Waals surface area contributed by atoms with E-state index in [0.717, 1.165) is 13.0 Å². The van der Waals surface area contributed by atoms with E-state index >= 15 is 0 Å². The lowest BCUT2D eigenvalue weighted by Crippen LogP contribution is -2.50. The summed E-state index contributed by atoms with van der Waals surface area (Å²) in [5, 5.41) is 8.60. The minimum absolute atomic E-state index is 0. The van der Waals surface area contributed by atoms with Crippen LogP contribution >= 0.6 is 12.4 Å². The number of hydrogen-bond donors (Lipinski definition) is 3. The van der Waals surface area contributed by atoms with Crippen molar-refractivity contribution in [1.29, 1.82) is 0 Å². The minimum Gasteiger partial charge on any atom is -0.348 e. The van der Waals surface area contributed by atoms with Crippen LogP contribution in [0.2, 0.25) is 0 Å². The first-order valence-electron chi connectivity index (χ1n) is 7.06. The Balaban J connectivity index is 0.00000242. The summed E-state index contributed by atoms with van der Waals surface area (Å²) in [5.41, 5.74) is 0.350. The molecule has 22 heavy (non-hydrogen) atoms. The number of amides is 2. The fourth-order valence-corrected chi connectivity index (χ4v) is 2.41. The number of carbonyl (C=O) groups excluding carboxylic acids is 2. The van der Waals surface area contributed by atoms with E-state index in [4.69, 9.17) is 0 Å². The monoisotopic (exact) mass is 329 g/mol. The summed E-state index contributed by atoms with van der Waals surface area (Å²) in [7, 11) is 0. The molecule has 122 valence electrons. The highest BCUT2D eigenvalue weighted by molar-refractivity contribution is 5.97. The van der Waals surface area contributed by atoms with Crippen molar-refractivity contribution in [3.05, 3.63) is 29.6 Å². The lowest BCUT2D eigenvalue weighted by molar-refractivity contribution is -0.114. The van der Waals surface area contributed by atoms with Gasteiger partial charge in [-0.05, 0) is 37.1 Å². The maximum atomic E-state index is 13.8. The molecule has 0 aliphatic carbocycles. The number of rotatable bonds is 3. The van der Waals surface area contributed by atoms with E-state index in [9.17, 15) is 14.0 Å². The van der Waals surface area contributed by atoms with E-state index in [1.807, 2.05) is 0 Å². The van der Waals surface area contributed by atoms with Crippen LogP contribution in [0.1, 0.15) is 30.6 Å². The zero-order chi connectivity index (χ0) is 15.4. The van der Waals surface area contributed by atoms with E-state index in [1.165, 1.54) is 25.1 Å². The molecule has 0 aromatic heterocycles. The van der Waals surface area contributed by atoms with Gasteiger partial charge in [0.15, 0.2) is 0 Å². The van der Waals surface area contributed by atoms with Gasteiger partial charge < -0.3 is 16.0 Å². The number of benzene rings is 1. The molecule has 1 saturated heterocycles. The van der Waals surface area contributed by atoms with Crippen LogP contribution in [0, 0.1) is 11.7 Å². The summed E-state index contributed by atoms with van der Waals surface area (Å²) in [4.78, 5) is 23.3. The predicted octanol–water partition coefficient (Wildman–Crippen LogP) is 1.93. The molecule has 0 radical (unpaired) electrons. The van der Waals surface area contributed by atoms with Gasteiger partial charge in [0.2, 0.25) is 5.91 Å². The molecule has 1 aliphatic rings. The fourth-order valence-electron chi connectivity index (χ4n) is 2.41. The number of hydrogen-bond acceptors (Lipinski definition) is 3. The van der Waals surface area contributed by atoms with Gasteiger partial charge in [-0.3, -0.25) is 9.59 Å². The van der Waals surface area contributed by atoms with E-state index in [2.05, 4.69) is 22.9 Å². The Kier molecular flexibility index (Phi) is 6.77. The van der Waals surface area contributed by atoms with Crippen LogP contribution in [0.4, 0.5) is 10.1 Å². The summed E-state index contributed by atoms with van der Waals surface area (Å²) < 4.78 is 13.8. The van der Waals surface area contributed by atoms with Gasteiger partial charge in [-0.2, -0.15) is 0 Å². The molecule has 1 aliphatic heterocycles. The maximum absolute atomic E-state index is 13.8. The number of halogens is 2. The molecule has 1 fully saturated rings. The van der Waals surface area contributed by atoms with Gasteiger partial charge in [0.1, 0.15) is 5.82 Å². The molecule has 0 spiro atoms. The summed E-state index contributed by atoms with van der Waals surface area (Å²) in [5.74, 6) is -0.979. The zero-order valence-corrected chi connectivity index (χ0v) is 13.4. The average Bonchev–Trinajstić information content (AvgIpc) is 2.43. The quantitative estimate of drug-likeness (QED) is 0.793. The molecule has 2 rings (SSSR count). The number of anilines is 1. The Morgan fingerprint density at radius 3 is 2.73 bits per heavy atom. The van der Waals surface area contributed by atoms with E-state index in [-0.39, 0.29) is 29.9 Å². The molecule has 2 amide bonds. The van der Waals surface area contributed by atoms with E-state index < -0.39 is 11.7 Å². The first kappa shape index (κ1) is 18.4. The normalized spacial score (nSPS) is 20.7. The van der Waals surface area contributed by atoms with Gasteiger partial charge in [0.25, 0.3) is 5.91 Å². The van der Waals surface area contributed by atoms with Crippen LogP contribution in [0.3, 0.4) is 0 Å². The largest absolute Gasteiger partial charge is 0.348 e. The first-order valence-corrected chi connectivity index (χ1v) is 7.06. The summed E-state index contributed by atoms with van der Waals surface area (Å²) >= 11 is 0. The van der Waals surface area contributed by atoms with Crippen molar-refractivity contribution in [3.63, 3.8) is 0 Å². The van der Waals surface area contributed by atoms with Crippen molar-refractivity contribution < 1.29 is 14.0 Å². The highest BCUT2D eigenvalue weighted by atomic mass is 35.5. The number of piperidine rings is 1. The van der Waals surface area contributed by atoms with Crippen LogP contribution in [0.5, 0.6) is 0 Å². The Hall–Kier alpha value is -1.66. The summed E-state index contributed by atoms with van der Waals surface area (Å²) in [6.45, 7) is 5.04. The summed E-state index contributed by atoms with van der Waals surface area (Å²) in [6.07, 6.45) is 0.972. The highest BCUT2D eigenvalue weighted by Crippen LogP contribution is 2.17. The predicted molar refractivity (Wildman–Crippen MR) is 85.9 cm³/mol. The second-order valence-electron chi connectivity index (χ2n) is 5.43. The van der Waals surface area contributed by atoms with Crippen molar-refractivity contribution >= 4 is 29.9 Å². The average molecular weight is 330 g/mol. The standard InChI is InChI=1S/C15H20FN3O2.ClH/c1-9-5-6-17-8-14(9)19-15(21)12-7-11(18-10(2)20)3-4-13(12)16;/h3-4,7,9,14,17H,5-6,8H2,1-2H3,(H,18,20)(H,19,21);1H. The molecule has 3 N–H and O–H groups in total. The van der Waals surface area contributed by atoms with Gasteiger partial charge in [0, 0.05) is 25.2 Å². The highest BCUT2D eigenvalue weighted by Gasteiger charge is 2.24. The molecular formula is C15H21ClFN3O2. The van der Waals surface area contributed by atoms with Crippen LogP contribution in [0.15, 0.2) is 18.2 Å². The Morgan fingerprint density at radius 1 is 1.36 bits per heavy atom.